The summed E-state index contributed by atoms with van der Waals surface area (Å²) in [6.07, 6.45) is 0.949. The topological polar surface area (TPSA) is 40.9 Å². The molecular weight excluding hydrogens is 174 g/mol. The summed E-state index contributed by atoms with van der Waals surface area (Å²) >= 11 is 0. The van der Waals surface area contributed by atoms with Crippen LogP contribution in [0.3, 0.4) is 0 Å². The summed E-state index contributed by atoms with van der Waals surface area (Å²) in [5.74, 6) is 0.821. The van der Waals surface area contributed by atoms with Crippen LogP contribution < -0.4 is 0 Å². The predicted molar refractivity (Wildman–Crippen MR) is 52.7 cm³/mol. The summed E-state index contributed by atoms with van der Waals surface area (Å²) in [5.41, 5.74) is 1.81. The second-order valence-corrected chi connectivity index (χ2v) is 3.80. The molecule has 0 aliphatic heterocycles. The highest BCUT2D eigenvalue weighted by molar-refractivity contribution is 5.82. The van der Waals surface area contributed by atoms with Gasteiger partial charge in [0.1, 0.15) is 5.78 Å². The maximum atomic E-state index is 11.1. The number of ketones is 1. The molecule has 0 spiro atoms. The van der Waals surface area contributed by atoms with Crippen molar-refractivity contribution < 1.29 is 4.79 Å². The van der Waals surface area contributed by atoms with Crippen molar-refractivity contribution in [2.45, 2.75) is 19.3 Å². The molecule has 0 N–H and O–H groups in total. The molecule has 2 nitrogen and oxygen atoms in total. The number of hydrogen-bond acceptors (Lipinski definition) is 2. The van der Waals surface area contributed by atoms with Gasteiger partial charge in [0.2, 0.25) is 0 Å². The minimum Gasteiger partial charge on any atom is -0.300 e. The normalized spacial score (nSPS) is 24.0. The van der Waals surface area contributed by atoms with Gasteiger partial charge in [-0.15, -0.1) is 0 Å². The first-order valence-electron chi connectivity index (χ1n) is 4.73. The highest BCUT2D eigenvalue weighted by atomic mass is 16.1. The summed E-state index contributed by atoms with van der Waals surface area (Å²) in [6, 6.07) is 9.65. The zero-order valence-electron chi connectivity index (χ0n) is 8.03. The molecule has 1 aliphatic rings. The molecule has 0 bridgehead atoms. The molecule has 0 amide bonds. The Morgan fingerprint density at radius 2 is 2.36 bits per heavy atom. The first-order chi connectivity index (χ1) is 6.72. The van der Waals surface area contributed by atoms with Gasteiger partial charge in [-0.1, -0.05) is 12.1 Å². The fourth-order valence-corrected chi connectivity index (χ4v) is 1.85. The Balaban J connectivity index is 2.20. The van der Waals surface area contributed by atoms with E-state index in [0.717, 1.165) is 12.0 Å². The van der Waals surface area contributed by atoms with E-state index in [9.17, 15) is 4.79 Å². The standard InChI is InChI=1S/C12H11NO/c1-8(14)11-6-12(11)10-4-2-3-9(5-10)7-13/h2-5,11-12H,6H2,1H3. The van der Waals surface area contributed by atoms with Crippen LogP contribution in [0.1, 0.15) is 30.4 Å². The smallest absolute Gasteiger partial charge is 0.133 e. The molecule has 70 valence electrons. The van der Waals surface area contributed by atoms with Crippen LogP contribution in [0, 0.1) is 17.2 Å². The Morgan fingerprint density at radius 1 is 1.57 bits per heavy atom. The molecule has 2 unspecified atom stereocenters. The summed E-state index contributed by atoms with van der Waals surface area (Å²) in [5, 5.41) is 8.72. The lowest BCUT2D eigenvalue weighted by molar-refractivity contribution is -0.118. The first-order valence-corrected chi connectivity index (χ1v) is 4.73. The molecule has 1 aliphatic carbocycles. The number of nitriles is 1. The van der Waals surface area contributed by atoms with Gasteiger partial charge in [0.05, 0.1) is 11.6 Å². The van der Waals surface area contributed by atoms with Gasteiger partial charge in [-0.2, -0.15) is 5.26 Å². The molecule has 0 heterocycles. The number of carbonyl (C=O) groups excluding carboxylic acids is 1. The van der Waals surface area contributed by atoms with Crippen molar-refractivity contribution in [3.63, 3.8) is 0 Å². The SMILES string of the molecule is CC(=O)C1CC1c1cccc(C#N)c1. The van der Waals surface area contributed by atoms with Crippen molar-refractivity contribution in [2.75, 3.05) is 0 Å². The summed E-state index contributed by atoms with van der Waals surface area (Å²) < 4.78 is 0. The molecule has 14 heavy (non-hydrogen) atoms. The van der Waals surface area contributed by atoms with Gasteiger partial charge < -0.3 is 0 Å². The van der Waals surface area contributed by atoms with Gasteiger partial charge in [-0.05, 0) is 37.0 Å². The highest BCUT2D eigenvalue weighted by Crippen LogP contribution is 2.47. The van der Waals surface area contributed by atoms with Gasteiger partial charge in [0.15, 0.2) is 0 Å². The summed E-state index contributed by atoms with van der Waals surface area (Å²) in [4.78, 5) is 11.1. The first kappa shape index (κ1) is 8.96. The zero-order valence-corrected chi connectivity index (χ0v) is 8.03. The Bertz CT molecular complexity index is 417. The summed E-state index contributed by atoms with van der Waals surface area (Å²) in [6.45, 7) is 1.64. The second-order valence-electron chi connectivity index (χ2n) is 3.80. The quantitative estimate of drug-likeness (QED) is 0.709. The third-order valence-corrected chi connectivity index (χ3v) is 2.76. The number of benzene rings is 1. The van der Waals surface area contributed by atoms with Crippen LogP contribution in [0.5, 0.6) is 0 Å². The lowest BCUT2D eigenvalue weighted by Gasteiger charge is -1.98. The van der Waals surface area contributed by atoms with Crippen molar-refractivity contribution in [1.29, 1.82) is 5.26 Å². The van der Waals surface area contributed by atoms with Crippen molar-refractivity contribution >= 4 is 5.78 Å². The monoisotopic (exact) mass is 185 g/mol. The van der Waals surface area contributed by atoms with Crippen molar-refractivity contribution in [2.24, 2.45) is 5.92 Å². The molecule has 2 rings (SSSR count). The molecule has 1 fully saturated rings. The Hall–Kier alpha value is -1.62. The molecule has 2 heteroatoms. The van der Waals surface area contributed by atoms with Crippen LogP contribution in [0.4, 0.5) is 0 Å². The van der Waals surface area contributed by atoms with Crippen LogP contribution >= 0.6 is 0 Å². The Morgan fingerprint density at radius 3 is 2.93 bits per heavy atom. The van der Waals surface area contributed by atoms with E-state index < -0.39 is 0 Å². The number of nitrogens with zero attached hydrogens (tertiary/aromatic N) is 1. The molecule has 1 saturated carbocycles. The average Bonchev–Trinajstić information content (AvgIpc) is 2.97. The molecule has 2 atom stereocenters. The Labute approximate surface area is 83.2 Å². The van der Waals surface area contributed by atoms with Gasteiger partial charge in [-0.3, -0.25) is 4.79 Å². The van der Waals surface area contributed by atoms with E-state index in [2.05, 4.69) is 6.07 Å². The fourth-order valence-electron chi connectivity index (χ4n) is 1.85. The van der Waals surface area contributed by atoms with Crippen LogP contribution in [0.25, 0.3) is 0 Å². The molecular formula is C12H11NO. The van der Waals surface area contributed by atoms with Gasteiger partial charge >= 0.3 is 0 Å². The fraction of sp³-hybridized carbons (Fsp3) is 0.333. The van der Waals surface area contributed by atoms with E-state index in [4.69, 9.17) is 5.26 Å². The highest BCUT2D eigenvalue weighted by Gasteiger charge is 2.41. The van der Waals surface area contributed by atoms with E-state index in [1.807, 2.05) is 18.2 Å². The van der Waals surface area contributed by atoms with Gasteiger partial charge in [0.25, 0.3) is 0 Å². The zero-order chi connectivity index (χ0) is 10.1. The summed E-state index contributed by atoms with van der Waals surface area (Å²) in [7, 11) is 0. The molecule has 0 aromatic heterocycles. The van der Waals surface area contributed by atoms with Crippen molar-refractivity contribution in [3.8, 4) is 6.07 Å². The molecule has 1 aromatic rings. The number of carbonyl (C=O) groups is 1. The number of rotatable bonds is 2. The van der Waals surface area contributed by atoms with E-state index in [1.165, 1.54) is 0 Å². The number of Topliss-reactive ketones (excluding diaryl/α,β-unsaturated/α-hetero) is 1. The predicted octanol–water partition coefficient (Wildman–Crippen LogP) is 2.25. The minimum absolute atomic E-state index is 0.198. The third-order valence-electron chi connectivity index (χ3n) is 2.76. The van der Waals surface area contributed by atoms with Crippen LogP contribution in [0.15, 0.2) is 24.3 Å². The lowest BCUT2D eigenvalue weighted by Crippen LogP contribution is -1.94. The van der Waals surface area contributed by atoms with Crippen molar-refractivity contribution in [1.82, 2.24) is 0 Å². The Kier molecular flexibility index (Phi) is 2.09. The molecule has 1 aromatic carbocycles. The largest absolute Gasteiger partial charge is 0.300 e. The van der Waals surface area contributed by atoms with E-state index in [1.54, 1.807) is 13.0 Å². The minimum atomic E-state index is 0.198. The van der Waals surface area contributed by atoms with E-state index >= 15 is 0 Å². The molecule has 0 saturated heterocycles. The van der Waals surface area contributed by atoms with Gasteiger partial charge in [0, 0.05) is 5.92 Å². The van der Waals surface area contributed by atoms with E-state index in [0.29, 0.717) is 11.5 Å². The second kappa shape index (κ2) is 3.26. The maximum Gasteiger partial charge on any atom is 0.133 e. The van der Waals surface area contributed by atoms with Crippen LogP contribution in [-0.4, -0.2) is 5.78 Å². The van der Waals surface area contributed by atoms with Crippen LogP contribution in [0.2, 0.25) is 0 Å². The maximum absolute atomic E-state index is 11.1. The molecule has 0 radical (unpaired) electrons. The number of hydrogen-bond donors (Lipinski definition) is 0. The third kappa shape index (κ3) is 1.54. The van der Waals surface area contributed by atoms with Gasteiger partial charge in [-0.25, -0.2) is 0 Å². The van der Waals surface area contributed by atoms with Crippen LogP contribution in [-0.2, 0) is 4.79 Å². The van der Waals surface area contributed by atoms with Crippen molar-refractivity contribution in [3.05, 3.63) is 35.4 Å². The lowest BCUT2D eigenvalue weighted by atomic mass is 10.1. The average molecular weight is 185 g/mol. The van der Waals surface area contributed by atoms with E-state index in [-0.39, 0.29) is 11.7 Å².